The van der Waals surface area contributed by atoms with Crippen molar-refractivity contribution >= 4 is 29.7 Å². The Morgan fingerprint density at radius 3 is 1.42 bits per heavy atom. The van der Waals surface area contributed by atoms with Crippen LogP contribution in [0.25, 0.3) is 0 Å². The molecule has 0 saturated heterocycles. The number of unbranched alkanes of at least 4 members (excludes halogenated alkanes) is 24. The molecule has 0 aliphatic heterocycles. The minimum absolute atomic E-state index is 0.0162. The number of ether oxygens (including phenoxy) is 3. The molecule has 1 aromatic rings. The number of hydrogen-bond donors (Lipinski definition) is 1. The van der Waals surface area contributed by atoms with Gasteiger partial charge in [-0.3, -0.25) is 14.4 Å². The molecule has 7 nitrogen and oxygen atoms in total. The van der Waals surface area contributed by atoms with Crippen LogP contribution in [0.15, 0.2) is 30.3 Å². The van der Waals surface area contributed by atoms with Crippen LogP contribution in [0.2, 0.25) is 0 Å². The number of carbonyl (C=O) groups excluding carboxylic acids is 3. The van der Waals surface area contributed by atoms with Crippen molar-refractivity contribution in [1.29, 1.82) is 0 Å². The van der Waals surface area contributed by atoms with E-state index in [1.807, 2.05) is 30.3 Å². The second kappa shape index (κ2) is 36.9. The van der Waals surface area contributed by atoms with Crippen molar-refractivity contribution in [2.45, 2.75) is 212 Å². The number of thioether (sulfide) groups is 1. The van der Waals surface area contributed by atoms with Gasteiger partial charge in [-0.05, 0) is 18.4 Å². The van der Waals surface area contributed by atoms with Gasteiger partial charge in [0.25, 0.3) is 0 Å². The molecular weight excluding hydrogens is 683 g/mol. The highest BCUT2D eigenvalue weighted by atomic mass is 32.2. The minimum atomic E-state index is -0.802. The van der Waals surface area contributed by atoms with Crippen LogP contribution < -0.4 is 5.73 Å². The maximum absolute atomic E-state index is 12.8. The Balaban J connectivity index is 2.31. The van der Waals surface area contributed by atoms with E-state index in [-0.39, 0.29) is 25.2 Å². The third-order valence-corrected chi connectivity index (χ3v) is 11.0. The molecule has 0 fully saturated rings. The summed E-state index contributed by atoms with van der Waals surface area (Å²) in [7, 11) is 0. The zero-order valence-corrected chi connectivity index (χ0v) is 34.9. The van der Waals surface area contributed by atoms with Crippen molar-refractivity contribution in [3.05, 3.63) is 35.9 Å². The van der Waals surface area contributed by atoms with Crippen LogP contribution in [0.4, 0.5) is 0 Å². The molecule has 1 aromatic carbocycles. The van der Waals surface area contributed by atoms with Gasteiger partial charge in [-0.25, -0.2) is 0 Å². The molecule has 0 aliphatic rings. The first-order valence-electron chi connectivity index (χ1n) is 21.8. The summed E-state index contributed by atoms with van der Waals surface area (Å²) in [5, 5.41) is 0. The standard InChI is InChI=1S/C45H79NO6S/c1-3-5-7-9-11-13-15-17-19-21-23-25-30-34-43(47)50-37-41(38-53-39-42(46)45(49)51-36-40-32-28-27-29-33-40)52-44(48)35-31-26-24-22-20-18-16-14-12-10-8-6-4-2/h27-29,32-33,41-42H,3-26,30-31,34-39,46H2,1-2H3/t41-,42+/m1/s1. The van der Waals surface area contributed by atoms with Gasteiger partial charge in [0.2, 0.25) is 0 Å². The van der Waals surface area contributed by atoms with E-state index in [1.54, 1.807) is 0 Å². The maximum atomic E-state index is 12.8. The van der Waals surface area contributed by atoms with Crippen LogP contribution in [-0.4, -0.2) is 48.2 Å². The first kappa shape index (κ1) is 49.0. The van der Waals surface area contributed by atoms with Crippen LogP contribution in [0.3, 0.4) is 0 Å². The van der Waals surface area contributed by atoms with E-state index in [9.17, 15) is 14.4 Å². The van der Waals surface area contributed by atoms with E-state index in [0.717, 1.165) is 44.1 Å². The third-order valence-electron chi connectivity index (χ3n) is 9.83. The van der Waals surface area contributed by atoms with Crippen molar-refractivity contribution in [3.8, 4) is 0 Å². The summed E-state index contributed by atoms with van der Waals surface area (Å²) >= 11 is 1.40. The van der Waals surface area contributed by atoms with Crippen LogP contribution in [0.1, 0.15) is 199 Å². The summed E-state index contributed by atoms with van der Waals surface area (Å²) in [6.07, 6.45) is 32.7. The number of nitrogens with two attached hydrogens (primary N) is 1. The van der Waals surface area contributed by atoms with E-state index in [4.69, 9.17) is 19.9 Å². The summed E-state index contributed by atoms with van der Waals surface area (Å²) < 4.78 is 16.7. The smallest absolute Gasteiger partial charge is 0.324 e. The molecule has 8 heteroatoms. The second-order valence-electron chi connectivity index (χ2n) is 15.0. The first-order valence-corrected chi connectivity index (χ1v) is 23.0. The molecule has 0 amide bonds. The van der Waals surface area contributed by atoms with Gasteiger partial charge in [0, 0.05) is 24.3 Å². The van der Waals surface area contributed by atoms with Gasteiger partial charge >= 0.3 is 17.9 Å². The largest absolute Gasteiger partial charge is 0.462 e. The van der Waals surface area contributed by atoms with Gasteiger partial charge in [-0.1, -0.05) is 198 Å². The highest BCUT2D eigenvalue weighted by Gasteiger charge is 2.20. The molecule has 0 radical (unpaired) electrons. The molecule has 0 unspecified atom stereocenters. The van der Waals surface area contributed by atoms with Crippen LogP contribution in [0, 0.1) is 0 Å². The van der Waals surface area contributed by atoms with Gasteiger partial charge in [-0.2, -0.15) is 11.8 Å². The Bertz CT molecular complexity index is 992. The number of hydrogen-bond acceptors (Lipinski definition) is 8. The van der Waals surface area contributed by atoms with Gasteiger partial charge in [-0.15, -0.1) is 0 Å². The summed E-state index contributed by atoms with van der Waals surface area (Å²) in [5.74, 6) is -0.292. The van der Waals surface area contributed by atoms with Crippen molar-refractivity contribution in [1.82, 2.24) is 0 Å². The lowest BCUT2D eigenvalue weighted by atomic mass is 10.0. The van der Waals surface area contributed by atoms with Gasteiger partial charge < -0.3 is 19.9 Å². The normalized spacial score (nSPS) is 12.4. The molecule has 2 N–H and O–H groups in total. The lowest BCUT2D eigenvalue weighted by Crippen LogP contribution is -2.35. The molecule has 306 valence electrons. The predicted molar refractivity (Wildman–Crippen MR) is 223 cm³/mol. The average Bonchev–Trinajstić information content (AvgIpc) is 3.16. The molecule has 0 aliphatic carbocycles. The number of carbonyl (C=O) groups is 3. The summed E-state index contributed by atoms with van der Waals surface area (Å²) in [6.45, 7) is 4.71. The molecule has 0 saturated carbocycles. The van der Waals surface area contributed by atoms with Gasteiger partial charge in [0.05, 0.1) is 0 Å². The van der Waals surface area contributed by atoms with Crippen molar-refractivity contribution in [3.63, 3.8) is 0 Å². The molecule has 0 aromatic heterocycles. The second-order valence-corrected chi connectivity index (χ2v) is 16.1. The third kappa shape index (κ3) is 31.9. The van der Waals surface area contributed by atoms with E-state index in [0.29, 0.717) is 24.3 Å². The maximum Gasteiger partial charge on any atom is 0.324 e. The van der Waals surface area contributed by atoms with Crippen molar-refractivity contribution in [2.24, 2.45) is 5.73 Å². The number of benzene rings is 1. The fraction of sp³-hybridized carbons (Fsp3) is 0.800. The Hall–Kier alpha value is -2.06. The summed E-state index contributed by atoms with van der Waals surface area (Å²) in [5.41, 5.74) is 7.00. The number of esters is 3. The van der Waals surface area contributed by atoms with Gasteiger partial charge in [0.1, 0.15) is 25.4 Å². The molecule has 0 spiro atoms. The zero-order chi connectivity index (χ0) is 38.5. The van der Waals surface area contributed by atoms with Crippen LogP contribution in [0.5, 0.6) is 0 Å². The Kier molecular flexibility index (Phi) is 34.1. The minimum Gasteiger partial charge on any atom is -0.462 e. The Labute approximate surface area is 329 Å². The quantitative estimate of drug-likeness (QED) is 0.0403. The molecule has 1 rings (SSSR count). The molecule has 0 bridgehead atoms. The van der Waals surface area contributed by atoms with E-state index < -0.39 is 18.1 Å². The van der Waals surface area contributed by atoms with Crippen LogP contribution >= 0.6 is 11.8 Å². The predicted octanol–water partition coefficient (Wildman–Crippen LogP) is 12.2. The topological polar surface area (TPSA) is 105 Å². The summed E-state index contributed by atoms with van der Waals surface area (Å²) in [6, 6.07) is 8.68. The Morgan fingerprint density at radius 1 is 0.547 bits per heavy atom. The molecular formula is C45H79NO6S. The fourth-order valence-corrected chi connectivity index (χ4v) is 7.38. The fourth-order valence-electron chi connectivity index (χ4n) is 6.42. The van der Waals surface area contributed by atoms with Crippen molar-refractivity contribution in [2.75, 3.05) is 18.1 Å². The number of rotatable bonds is 38. The molecule has 53 heavy (non-hydrogen) atoms. The highest BCUT2D eigenvalue weighted by molar-refractivity contribution is 7.99. The molecule has 2 atom stereocenters. The average molecular weight is 762 g/mol. The van der Waals surface area contributed by atoms with E-state index >= 15 is 0 Å². The van der Waals surface area contributed by atoms with E-state index in [2.05, 4.69) is 13.8 Å². The highest BCUT2D eigenvalue weighted by Crippen LogP contribution is 2.16. The first-order chi connectivity index (χ1) is 26.0. The SMILES string of the molecule is CCCCCCCCCCCCCCCC(=O)OC[C@H](CSC[C@H](N)C(=O)OCc1ccccc1)OC(=O)CCCCCCCCCCCCCCC. The van der Waals surface area contributed by atoms with Gasteiger partial charge in [0.15, 0.2) is 0 Å². The summed E-state index contributed by atoms with van der Waals surface area (Å²) in [4.78, 5) is 37.8. The zero-order valence-electron chi connectivity index (χ0n) is 34.1. The van der Waals surface area contributed by atoms with E-state index in [1.165, 1.54) is 140 Å². The molecule has 0 heterocycles. The Morgan fingerprint density at radius 2 is 0.962 bits per heavy atom. The lowest BCUT2D eigenvalue weighted by molar-refractivity contribution is -0.157. The lowest BCUT2D eigenvalue weighted by Gasteiger charge is -2.19. The monoisotopic (exact) mass is 762 g/mol. The van der Waals surface area contributed by atoms with Crippen molar-refractivity contribution < 1.29 is 28.6 Å². The van der Waals surface area contributed by atoms with Crippen LogP contribution in [-0.2, 0) is 35.2 Å².